The first-order chi connectivity index (χ1) is 11.2. The highest BCUT2D eigenvalue weighted by molar-refractivity contribution is 6.29. The highest BCUT2D eigenvalue weighted by Gasteiger charge is 2.27. The molecule has 0 spiro atoms. The average Bonchev–Trinajstić information content (AvgIpc) is 2.46. The van der Waals surface area contributed by atoms with Crippen molar-refractivity contribution in [2.75, 3.05) is 38.7 Å². The van der Waals surface area contributed by atoms with E-state index in [2.05, 4.69) is 20.0 Å². The quantitative estimate of drug-likeness (QED) is 0.480. The number of likely N-dealkylation sites (N-methyl/N-ethyl adjacent to an activating group) is 1. The Kier molecular flexibility index (Phi) is 8.16. The first kappa shape index (κ1) is 20.4. The summed E-state index contributed by atoms with van der Waals surface area (Å²) in [7, 11) is 1.66. The summed E-state index contributed by atoms with van der Waals surface area (Å²) < 4.78 is 40.3. The van der Waals surface area contributed by atoms with Crippen molar-refractivity contribution in [3.63, 3.8) is 0 Å². The Labute approximate surface area is 141 Å². The molecule has 0 radical (unpaired) electrons. The Morgan fingerprint density at radius 3 is 2.75 bits per heavy atom. The van der Waals surface area contributed by atoms with E-state index < -0.39 is 24.8 Å². The molecule has 0 saturated carbocycles. The molecule has 0 bridgehead atoms. The van der Waals surface area contributed by atoms with Gasteiger partial charge in [-0.05, 0) is 13.5 Å². The van der Waals surface area contributed by atoms with Gasteiger partial charge in [-0.25, -0.2) is 14.8 Å². The van der Waals surface area contributed by atoms with Crippen LogP contribution in [0.25, 0.3) is 0 Å². The molecule has 136 valence electrons. The molecule has 2 N–H and O–H groups in total. The van der Waals surface area contributed by atoms with Crippen molar-refractivity contribution < 1.29 is 27.8 Å². The van der Waals surface area contributed by atoms with Crippen LogP contribution in [0.15, 0.2) is 12.4 Å². The van der Waals surface area contributed by atoms with Crippen LogP contribution < -0.4 is 5.32 Å². The van der Waals surface area contributed by atoms with Crippen LogP contribution in [-0.4, -0.2) is 71.5 Å². The van der Waals surface area contributed by atoms with Crippen molar-refractivity contribution in [3.8, 4) is 0 Å². The first-order valence-corrected chi connectivity index (χ1v) is 7.35. The van der Waals surface area contributed by atoms with Gasteiger partial charge in [0.15, 0.2) is 0 Å². The van der Waals surface area contributed by atoms with E-state index in [1.807, 2.05) is 0 Å². The Bertz CT molecular complexity index is 533. The lowest BCUT2D eigenvalue weighted by molar-refractivity contribution is -0.174. The normalized spacial score (nSPS) is 13.1. The SMILES string of the molecule is CN(CCOCC(F)(F)F)CC[C@H](Nc1cc(Cl)ncn1)C(=O)O. The van der Waals surface area contributed by atoms with Crippen molar-refractivity contribution >= 4 is 23.4 Å². The molecule has 1 aromatic heterocycles. The predicted molar refractivity (Wildman–Crippen MR) is 81.1 cm³/mol. The lowest BCUT2D eigenvalue weighted by atomic mass is 10.2. The fraction of sp³-hybridized carbons (Fsp3) is 0.615. The number of nitrogens with one attached hydrogen (secondary N) is 1. The van der Waals surface area contributed by atoms with Crippen molar-refractivity contribution in [1.82, 2.24) is 14.9 Å². The van der Waals surface area contributed by atoms with Crippen LogP contribution in [0, 0.1) is 0 Å². The molecular formula is C13H18ClF3N4O3. The summed E-state index contributed by atoms with van der Waals surface area (Å²) in [5.74, 6) is -0.801. The standard InChI is InChI=1S/C13H18ClF3N4O3/c1-21(4-5-24-7-13(15,16)17)3-2-9(12(22)23)20-11-6-10(14)18-8-19-11/h6,8-9H,2-5,7H2,1H3,(H,22,23)(H,18,19,20)/t9-/m0/s1. The number of hydrogen-bond donors (Lipinski definition) is 2. The van der Waals surface area contributed by atoms with E-state index in [0.717, 1.165) is 0 Å². The van der Waals surface area contributed by atoms with Crippen LogP contribution in [0.5, 0.6) is 0 Å². The molecule has 1 rings (SSSR count). The van der Waals surface area contributed by atoms with Crippen molar-refractivity contribution in [2.45, 2.75) is 18.6 Å². The van der Waals surface area contributed by atoms with Crippen LogP contribution >= 0.6 is 11.6 Å². The topological polar surface area (TPSA) is 87.6 Å². The summed E-state index contributed by atoms with van der Waals surface area (Å²) in [6, 6.07) is 0.473. The molecular weight excluding hydrogens is 353 g/mol. The third kappa shape index (κ3) is 8.85. The predicted octanol–water partition coefficient (Wildman–Crippen LogP) is 1.90. The Morgan fingerprint density at radius 1 is 1.46 bits per heavy atom. The number of carbonyl (C=O) groups is 1. The van der Waals surface area contributed by atoms with Gasteiger partial charge in [0, 0.05) is 19.2 Å². The average molecular weight is 371 g/mol. The zero-order valence-electron chi connectivity index (χ0n) is 12.9. The zero-order valence-corrected chi connectivity index (χ0v) is 13.6. The van der Waals surface area contributed by atoms with Gasteiger partial charge in [0.25, 0.3) is 0 Å². The monoisotopic (exact) mass is 370 g/mol. The molecule has 1 atom stereocenters. The van der Waals surface area contributed by atoms with E-state index in [4.69, 9.17) is 11.6 Å². The minimum atomic E-state index is -4.35. The number of alkyl halides is 3. The van der Waals surface area contributed by atoms with Crippen molar-refractivity contribution in [2.24, 2.45) is 0 Å². The van der Waals surface area contributed by atoms with E-state index in [1.165, 1.54) is 12.4 Å². The molecule has 1 heterocycles. The van der Waals surface area contributed by atoms with Gasteiger partial charge in [-0.2, -0.15) is 13.2 Å². The molecule has 0 saturated heterocycles. The van der Waals surface area contributed by atoms with Gasteiger partial charge < -0.3 is 20.1 Å². The summed E-state index contributed by atoms with van der Waals surface area (Å²) in [6.45, 7) is -0.794. The fourth-order valence-electron chi connectivity index (χ4n) is 1.72. The van der Waals surface area contributed by atoms with E-state index in [-0.39, 0.29) is 30.5 Å². The molecule has 1 aromatic rings. The number of aromatic nitrogens is 2. The maximum Gasteiger partial charge on any atom is 0.411 e. The number of anilines is 1. The number of hydrogen-bond acceptors (Lipinski definition) is 6. The third-order valence-electron chi connectivity index (χ3n) is 2.94. The van der Waals surface area contributed by atoms with Gasteiger partial charge in [0.2, 0.25) is 0 Å². The minimum absolute atomic E-state index is 0.0945. The Morgan fingerprint density at radius 2 is 2.17 bits per heavy atom. The molecule has 11 heteroatoms. The highest BCUT2D eigenvalue weighted by Crippen LogP contribution is 2.14. The molecule has 7 nitrogen and oxygen atoms in total. The van der Waals surface area contributed by atoms with E-state index in [1.54, 1.807) is 11.9 Å². The molecule has 0 unspecified atom stereocenters. The summed E-state index contributed by atoms with van der Waals surface area (Å²) in [4.78, 5) is 20.5. The fourth-order valence-corrected chi connectivity index (χ4v) is 1.86. The van der Waals surface area contributed by atoms with E-state index >= 15 is 0 Å². The number of aliphatic carboxylic acids is 1. The van der Waals surface area contributed by atoms with Crippen LogP contribution in [-0.2, 0) is 9.53 Å². The van der Waals surface area contributed by atoms with E-state index in [0.29, 0.717) is 6.54 Å². The lowest BCUT2D eigenvalue weighted by Gasteiger charge is -2.20. The van der Waals surface area contributed by atoms with Crippen LogP contribution in [0.1, 0.15) is 6.42 Å². The second-order valence-electron chi connectivity index (χ2n) is 5.02. The maximum atomic E-state index is 11.9. The summed E-state index contributed by atoms with van der Waals surface area (Å²) >= 11 is 5.70. The van der Waals surface area contributed by atoms with Crippen molar-refractivity contribution in [3.05, 3.63) is 17.5 Å². The largest absolute Gasteiger partial charge is 0.480 e. The molecule has 24 heavy (non-hydrogen) atoms. The third-order valence-corrected chi connectivity index (χ3v) is 3.14. The molecule has 0 aliphatic rings. The smallest absolute Gasteiger partial charge is 0.411 e. The number of carboxylic acids is 1. The van der Waals surface area contributed by atoms with Gasteiger partial charge >= 0.3 is 12.1 Å². The highest BCUT2D eigenvalue weighted by atomic mass is 35.5. The first-order valence-electron chi connectivity index (χ1n) is 6.97. The van der Waals surface area contributed by atoms with Gasteiger partial charge in [-0.15, -0.1) is 0 Å². The number of nitrogens with zero attached hydrogens (tertiary/aromatic N) is 3. The van der Waals surface area contributed by atoms with E-state index in [9.17, 15) is 23.1 Å². The van der Waals surface area contributed by atoms with Crippen LogP contribution in [0.3, 0.4) is 0 Å². The Hall–Kier alpha value is -1.65. The minimum Gasteiger partial charge on any atom is -0.480 e. The van der Waals surface area contributed by atoms with Crippen LogP contribution in [0.4, 0.5) is 19.0 Å². The second kappa shape index (κ2) is 9.60. The van der Waals surface area contributed by atoms with Gasteiger partial charge in [0.1, 0.15) is 29.9 Å². The Balaban J connectivity index is 2.36. The second-order valence-corrected chi connectivity index (χ2v) is 5.41. The molecule has 0 amide bonds. The number of halogens is 4. The zero-order chi connectivity index (χ0) is 18.2. The number of carboxylic acid groups (broad SMARTS) is 1. The molecule has 0 aliphatic carbocycles. The molecule has 0 fully saturated rings. The molecule has 0 aromatic carbocycles. The summed E-state index contributed by atoms with van der Waals surface area (Å²) in [6.07, 6.45) is -2.93. The number of rotatable bonds is 10. The van der Waals surface area contributed by atoms with Gasteiger partial charge in [-0.3, -0.25) is 0 Å². The van der Waals surface area contributed by atoms with Gasteiger partial charge in [-0.1, -0.05) is 11.6 Å². The van der Waals surface area contributed by atoms with Gasteiger partial charge in [0.05, 0.1) is 6.61 Å². The van der Waals surface area contributed by atoms with Crippen molar-refractivity contribution in [1.29, 1.82) is 0 Å². The summed E-state index contributed by atoms with van der Waals surface area (Å²) in [5.41, 5.74) is 0. The molecule has 0 aliphatic heterocycles. The maximum absolute atomic E-state index is 11.9. The summed E-state index contributed by atoms with van der Waals surface area (Å²) in [5, 5.41) is 12.1. The number of ether oxygens (including phenoxy) is 1. The van der Waals surface area contributed by atoms with Crippen LogP contribution in [0.2, 0.25) is 5.15 Å². The lowest BCUT2D eigenvalue weighted by Crippen LogP contribution is -2.35.